The number of aliphatic hydroxyl groups excluding tert-OH is 1. The second kappa shape index (κ2) is 7.76. The number of anilines is 1. The number of nitrogen functional groups attached to an aromatic ring is 1. The first kappa shape index (κ1) is 17.6. The van der Waals surface area contributed by atoms with Gasteiger partial charge in [0.25, 0.3) is 0 Å². The van der Waals surface area contributed by atoms with Gasteiger partial charge in [0.2, 0.25) is 0 Å². The third-order valence-electron chi connectivity index (χ3n) is 4.47. The number of aromatic nitrogens is 2. The predicted molar refractivity (Wildman–Crippen MR) is 91.4 cm³/mol. The van der Waals surface area contributed by atoms with Crippen molar-refractivity contribution >= 4 is 5.82 Å². The van der Waals surface area contributed by atoms with Crippen molar-refractivity contribution < 1.29 is 19.3 Å². The van der Waals surface area contributed by atoms with E-state index >= 15 is 4.39 Å². The molecule has 1 aromatic carbocycles. The van der Waals surface area contributed by atoms with Crippen molar-refractivity contribution in [2.75, 3.05) is 12.3 Å². The van der Waals surface area contributed by atoms with E-state index in [2.05, 4.69) is 9.97 Å². The average molecular weight is 347 g/mol. The van der Waals surface area contributed by atoms with Crippen molar-refractivity contribution in [3.63, 3.8) is 0 Å². The minimum absolute atomic E-state index is 0.184. The van der Waals surface area contributed by atoms with Crippen molar-refractivity contribution in [3.8, 4) is 17.0 Å². The number of hydrogen-bond donors (Lipinski definition) is 3. The summed E-state index contributed by atoms with van der Waals surface area (Å²) in [4.78, 5) is 8.09. The van der Waals surface area contributed by atoms with Crippen LogP contribution in [0.25, 0.3) is 11.3 Å². The third-order valence-corrected chi connectivity index (χ3v) is 4.47. The van der Waals surface area contributed by atoms with Gasteiger partial charge in [-0.25, -0.2) is 9.37 Å². The summed E-state index contributed by atoms with van der Waals surface area (Å²) in [6, 6.07) is 3.59. The van der Waals surface area contributed by atoms with Gasteiger partial charge < -0.3 is 20.7 Å². The van der Waals surface area contributed by atoms with Crippen LogP contribution in [0.3, 0.4) is 0 Å². The monoisotopic (exact) mass is 347 g/mol. The van der Waals surface area contributed by atoms with Gasteiger partial charge in [0.15, 0.2) is 17.9 Å². The lowest BCUT2D eigenvalue weighted by Gasteiger charge is -2.28. The number of benzene rings is 1. The zero-order valence-electron chi connectivity index (χ0n) is 13.9. The number of nitrogens with zero attached hydrogens (tertiary/aromatic N) is 2. The minimum Gasteiger partial charge on any atom is -0.490 e. The molecule has 3 rings (SSSR count). The Morgan fingerprint density at radius 1 is 1.24 bits per heavy atom. The number of ether oxygens (including phenoxy) is 1. The SMILES string of the molecule is Nc1cnc(-c2ccc(C3CCC3)c(OCCCC(O)O)c2F)cn1. The molecule has 0 unspecified atom stereocenters. The molecular weight excluding hydrogens is 325 g/mol. The quantitative estimate of drug-likeness (QED) is 0.526. The van der Waals surface area contributed by atoms with Crippen molar-refractivity contribution in [1.82, 2.24) is 9.97 Å². The van der Waals surface area contributed by atoms with Gasteiger partial charge in [-0.15, -0.1) is 0 Å². The zero-order valence-corrected chi connectivity index (χ0v) is 13.9. The molecule has 1 fully saturated rings. The smallest absolute Gasteiger partial charge is 0.174 e. The standard InChI is InChI=1S/C18H22FN3O3/c19-17-13(14-9-22-15(20)10-21-14)7-6-12(11-3-1-4-11)18(17)25-8-2-5-16(23)24/h6-7,9-11,16,23-24H,1-5,8H2,(H2,20,22). The van der Waals surface area contributed by atoms with Crippen LogP contribution in [0.1, 0.15) is 43.6 Å². The molecule has 0 aliphatic heterocycles. The van der Waals surface area contributed by atoms with E-state index in [-0.39, 0.29) is 24.6 Å². The predicted octanol–water partition coefficient (Wildman–Crippen LogP) is 2.60. The summed E-state index contributed by atoms with van der Waals surface area (Å²) in [5.74, 6) is 0.343. The highest BCUT2D eigenvalue weighted by atomic mass is 19.1. The minimum atomic E-state index is -1.38. The van der Waals surface area contributed by atoms with Gasteiger partial charge >= 0.3 is 0 Å². The maximum atomic E-state index is 15.1. The summed E-state index contributed by atoms with van der Waals surface area (Å²) in [6.07, 6.45) is 5.22. The molecule has 6 nitrogen and oxygen atoms in total. The molecule has 1 aliphatic rings. The summed E-state index contributed by atoms with van der Waals surface area (Å²) in [7, 11) is 0. The van der Waals surface area contributed by atoms with Gasteiger partial charge in [0.1, 0.15) is 5.82 Å². The molecule has 0 radical (unpaired) electrons. The van der Waals surface area contributed by atoms with Gasteiger partial charge in [0, 0.05) is 17.5 Å². The van der Waals surface area contributed by atoms with Crippen molar-refractivity contribution in [2.24, 2.45) is 0 Å². The lowest BCUT2D eigenvalue weighted by molar-refractivity contribution is -0.0480. The number of aliphatic hydroxyl groups is 2. The molecule has 0 bridgehead atoms. The van der Waals surface area contributed by atoms with E-state index in [0.29, 0.717) is 23.6 Å². The van der Waals surface area contributed by atoms with Crippen molar-refractivity contribution in [3.05, 3.63) is 35.9 Å². The van der Waals surface area contributed by atoms with Gasteiger partial charge in [-0.3, -0.25) is 4.98 Å². The molecule has 134 valence electrons. The van der Waals surface area contributed by atoms with Crippen LogP contribution in [-0.2, 0) is 0 Å². The molecule has 2 aromatic rings. The Balaban J connectivity index is 1.87. The summed E-state index contributed by atoms with van der Waals surface area (Å²) in [6.45, 7) is 0.213. The lowest BCUT2D eigenvalue weighted by Crippen LogP contribution is -2.13. The van der Waals surface area contributed by atoms with E-state index in [1.54, 1.807) is 6.07 Å². The zero-order chi connectivity index (χ0) is 17.8. The highest BCUT2D eigenvalue weighted by Gasteiger charge is 2.26. The molecule has 1 saturated carbocycles. The van der Waals surface area contributed by atoms with E-state index in [1.165, 1.54) is 12.4 Å². The summed E-state index contributed by atoms with van der Waals surface area (Å²) >= 11 is 0. The molecular formula is C18H22FN3O3. The number of hydrogen-bond acceptors (Lipinski definition) is 6. The van der Waals surface area contributed by atoms with Crippen LogP contribution < -0.4 is 10.5 Å². The molecule has 7 heteroatoms. The average Bonchev–Trinajstić information content (AvgIpc) is 2.53. The van der Waals surface area contributed by atoms with Gasteiger partial charge in [0.05, 0.1) is 24.7 Å². The van der Waals surface area contributed by atoms with E-state index in [4.69, 9.17) is 20.7 Å². The van der Waals surface area contributed by atoms with Gasteiger partial charge in [-0.2, -0.15) is 0 Å². The second-order valence-corrected chi connectivity index (χ2v) is 6.27. The summed E-state index contributed by atoms with van der Waals surface area (Å²) < 4.78 is 20.8. The van der Waals surface area contributed by atoms with Gasteiger partial charge in [-0.05, 0) is 31.2 Å². The topological polar surface area (TPSA) is 101 Å². The third kappa shape index (κ3) is 4.05. The fourth-order valence-electron chi connectivity index (χ4n) is 2.87. The first-order valence-corrected chi connectivity index (χ1v) is 8.45. The molecule has 1 aliphatic carbocycles. The Kier molecular flexibility index (Phi) is 5.45. The van der Waals surface area contributed by atoms with Crippen LogP contribution in [0.5, 0.6) is 5.75 Å². The molecule has 0 atom stereocenters. The van der Waals surface area contributed by atoms with Crippen molar-refractivity contribution in [2.45, 2.75) is 44.3 Å². The summed E-state index contributed by atoms with van der Waals surface area (Å²) in [5.41, 5.74) is 7.10. The fraction of sp³-hybridized carbons (Fsp3) is 0.444. The Morgan fingerprint density at radius 3 is 2.64 bits per heavy atom. The molecule has 0 amide bonds. The molecule has 1 aromatic heterocycles. The number of rotatable bonds is 7. The van der Waals surface area contributed by atoms with Crippen LogP contribution in [0.4, 0.5) is 10.2 Å². The molecule has 0 spiro atoms. The van der Waals surface area contributed by atoms with Gasteiger partial charge in [-0.1, -0.05) is 12.5 Å². The number of nitrogens with two attached hydrogens (primary N) is 1. The van der Waals surface area contributed by atoms with E-state index in [0.717, 1.165) is 24.8 Å². The molecule has 4 N–H and O–H groups in total. The van der Waals surface area contributed by atoms with Crippen LogP contribution in [0, 0.1) is 5.82 Å². The van der Waals surface area contributed by atoms with E-state index < -0.39 is 12.1 Å². The highest BCUT2D eigenvalue weighted by molar-refractivity contribution is 5.64. The maximum Gasteiger partial charge on any atom is 0.174 e. The largest absolute Gasteiger partial charge is 0.490 e. The Labute approximate surface area is 145 Å². The van der Waals surface area contributed by atoms with E-state index in [9.17, 15) is 0 Å². The Hall–Kier alpha value is -2.25. The van der Waals surface area contributed by atoms with E-state index in [1.807, 2.05) is 6.07 Å². The normalized spacial score (nSPS) is 14.6. The maximum absolute atomic E-state index is 15.1. The van der Waals surface area contributed by atoms with Crippen LogP contribution in [0.2, 0.25) is 0 Å². The van der Waals surface area contributed by atoms with Crippen LogP contribution >= 0.6 is 0 Å². The Morgan fingerprint density at radius 2 is 2.04 bits per heavy atom. The van der Waals surface area contributed by atoms with Crippen LogP contribution in [0.15, 0.2) is 24.5 Å². The first-order chi connectivity index (χ1) is 12.1. The van der Waals surface area contributed by atoms with Crippen LogP contribution in [-0.4, -0.2) is 33.1 Å². The molecule has 25 heavy (non-hydrogen) atoms. The summed E-state index contributed by atoms with van der Waals surface area (Å²) in [5, 5.41) is 17.8. The Bertz CT molecular complexity index is 718. The first-order valence-electron chi connectivity index (χ1n) is 8.45. The molecule has 0 saturated heterocycles. The number of halogens is 1. The molecule has 1 heterocycles. The lowest BCUT2D eigenvalue weighted by atomic mass is 9.79. The van der Waals surface area contributed by atoms with Crippen molar-refractivity contribution in [1.29, 1.82) is 0 Å². The highest BCUT2D eigenvalue weighted by Crippen LogP contribution is 2.43. The second-order valence-electron chi connectivity index (χ2n) is 6.27. The fourth-order valence-corrected chi connectivity index (χ4v) is 2.87.